The molecule has 0 aliphatic rings. The lowest BCUT2D eigenvalue weighted by molar-refractivity contribution is 0.213. The molecule has 29 heavy (non-hydrogen) atoms. The van der Waals surface area contributed by atoms with Crippen molar-refractivity contribution in [2.45, 2.75) is 13.0 Å². The molecule has 3 heteroatoms. The molecule has 0 bridgehead atoms. The van der Waals surface area contributed by atoms with Gasteiger partial charge in [0.15, 0.2) is 0 Å². The number of alkyl halides is 1. The number of nitrogens with zero attached hydrogens (tertiary/aromatic N) is 1. The molecule has 1 unspecified atom stereocenters. The van der Waals surface area contributed by atoms with Gasteiger partial charge in [-0.3, -0.25) is 4.90 Å². The Morgan fingerprint density at radius 2 is 1.45 bits per heavy atom. The summed E-state index contributed by atoms with van der Waals surface area (Å²) in [5.41, 5.74) is 4.64. The van der Waals surface area contributed by atoms with Gasteiger partial charge in [-0.05, 0) is 41.3 Å². The van der Waals surface area contributed by atoms with E-state index in [1.807, 2.05) is 60.7 Å². The molecule has 0 saturated carbocycles. The average molecular weight is 390 g/mol. The zero-order valence-electron chi connectivity index (χ0n) is 17.1. The molecule has 0 aromatic heterocycles. The Labute approximate surface area is 173 Å². The normalized spacial score (nSPS) is 11.9. The van der Waals surface area contributed by atoms with E-state index in [2.05, 4.69) is 42.2 Å². The Kier molecular flexibility index (Phi) is 7.60. The second-order valence-electron chi connectivity index (χ2n) is 6.98. The van der Waals surface area contributed by atoms with Crippen LogP contribution in [0.25, 0.3) is 5.57 Å². The molecule has 0 aliphatic carbocycles. The van der Waals surface area contributed by atoms with Crippen molar-refractivity contribution in [1.82, 2.24) is 4.90 Å². The molecule has 0 N–H and O–H groups in total. The van der Waals surface area contributed by atoms with E-state index in [0.29, 0.717) is 13.1 Å². The molecule has 0 heterocycles. The highest BCUT2D eigenvalue weighted by Gasteiger charge is 2.15. The standard InChI is InChI=1S/C26H28FNO/c1-21(22-13-15-25(29-2)16-14-22)28(20-18-27)19-17-26(23-9-5-3-6-10-23)24-11-7-4-8-12-24/h3-17,21H,18-20H2,1-2H3. The lowest BCUT2D eigenvalue weighted by atomic mass is 9.97. The zero-order chi connectivity index (χ0) is 20.5. The van der Waals surface area contributed by atoms with Gasteiger partial charge in [0.05, 0.1) is 7.11 Å². The molecule has 0 aliphatic heterocycles. The maximum Gasteiger partial charge on any atom is 0.118 e. The van der Waals surface area contributed by atoms with Gasteiger partial charge in [-0.1, -0.05) is 78.9 Å². The van der Waals surface area contributed by atoms with E-state index in [1.165, 1.54) is 0 Å². The van der Waals surface area contributed by atoms with Gasteiger partial charge >= 0.3 is 0 Å². The van der Waals surface area contributed by atoms with Gasteiger partial charge in [-0.25, -0.2) is 4.39 Å². The second-order valence-corrected chi connectivity index (χ2v) is 6.98. The summed E-state index contributed by atoms with van der Waals surface area (Å²) < 4.78 is 18.6. The van der Waals surface area contributed by atoms with Gasteiger partial charge < -0.3 is 4.74 Å². The zero-order valence-corrected chi connectivity index (χ0v) is 17.1. The van der Waals surface area contributed by atoms with Crippen LogP contribution in [0.15, 0.2) is 91.0 Å². The number of benzene rings is 3. The molecule has 3 rings (SSSR count). The Morgan fingerprint density at radius 1 is 0.897 bits per heavy atom. The molecule has 0 spiro atoms. The molecule has 3 aromatic carbocycles. The van der Waals surface area contributed by atoms with E-state index >= 15 is 0 Å². The van der Waals surface area contributed by atoms with Crippen molar-refractivity contribution in [2.75, 3.05) is 26.9 Å². The third-order valence-electron chi connectivity index (χ3n) is 5.22. The van der Waals surface area contributed by atoms with Gasteiger partial charge in [0.25, 0.3) is 0 Å². The van der Waals surface area contributed by atoms with Gasteiger partial charge in [-0.2, -0.15) is 0 Å². The fraction of sp³-hybridized carbons (Fsp3) is 0.231. The first kappa shape index (κ1) is 20.8. The molecule has 0 amide bonds. The maximum absolute atomic E-state index is 13.3. The van der Waals surface area contributed by atoms with Crippen molar-refractivity contribution < 1.29 is 9.13 Å². The van der Waals surface area contributed by atoms with Crippen LogP contribution in [0.5, 0.6) is 5.75 Å². The summed E-state index contributed by atoms with van der Waals surface area (Å²) in [4.78, 5) is 2.16. The van der Waals surface area contributed by atoms with Crippen molar-refractivity contribution in [1.29, 1.82) is 0 Å². The van der Waals surface area contributed by atoms with Gasteiger partial charge in [0, 0.05) is 19.1 Å². The first-order chi connectivity index (χ1) is 14.2. The van der Waals surface area contributed by atoms with Gasteiger partial charge in [-0.15, -0.1) is 0 Å². The SMILES string of the molecule is COc1ccc(C(C)N(CC=C(c2ccccc2)c2ccccc2)CCF)cc1. The smallest absolute Gasteiger partial charge is 0.118 e. The Bertz CT molecular complexity index is 850. The molecule has 2 nitrogen and oxygen atoms in total. The third-order valence-corrected chi connectivity index (χ3v) is 5.22. The largest absolute Gasteiger partial charge is 0.497 e. The van der Waals surface area contributed by atoms with Crippen LogP contribution in [-0.2, 0) is 0 Å². The van der Waals surface area contributed by atoms with E-state index in [4.69, 9.17) is 4.74 Å². The molecule has 0 fully saturated rings. The lowest BCUT2D eigenvalue weighted by Crippen LogP contribution is -2.29. The van der Waals surface area contributed by atoms with Crippen molar-refractivity contribution in [3.05, 3.63) is 108 Å². The first-order valence-corrected chi connectivity index (χ1v) is 9.98. The molecule has 1 atom stereocenters. The summed E-state index contributed by atoms with van der Waals surface area (Å²) in [6, 6.07) is 28.8. The van der Waals surface area contributed by atoms with E-state index in [9.17, 15) is 4.39 Å². The van der Waals surface area contributed by atoms with E-state index in [-0.39, 0.29) is 12.7 Å². The van der Waals surface area contributed by atoms with Crippen LogP contribution >= 0.6 is 0 Å². The number of halogens is 1. The van der Waals surface area contributed by atoms with Crippen LogP contribution in [0.1, 0.15) is 29.7 Å². The quantitative estimate of drug-likeness (QED) is 0.434. The van der Waals surface area contributed by atoms with Crippen LogP contribution in [0.2, 0.25) is 0 Å². The van der Waals surface area contributed by atoms with Crippen molar-refractivity contribution >= 4 is 5.57 Å². The van der Waals surface area contributed by atoms with E-state index < -0.39 is 0 Å². The predicted octanol–water partition coefficient (Wildman–Crippen LogP) is 6.16. The highest BCUT2D eigenvalue weighted by Crippen LogP contribution is 2.26. The topological polar surface area (TPSA) is 12.5 Å². The first-order valence-electron chi connectivity index (χ1n) is 9.98. The summed E-state index contributed by atoms with van der Waals surface area (Å²) in [5.74, 6) is 0.827. The fourth-order valence-corrected chi connectivity index (χ4v) is 3.49. The Balaban J connectivity index is 1.87. The minimum absolute atomic E-state index is 0.0979. The highest BCUT2D eigenvalue weighted by atomic mass is 19.1. The molecule has 150 valence electrons. The number of hydrogen-bond acceptors (Lipinski definition) is 2. The number of rotatable bonds is 9. The lowest BCUT2D eigenvalue weighted by Gasteiger charge is -2.28. The molecule has 0 saturated heterocycles. The molecular formula is C26H28FNO. The monoisotopic (exact) mass is 389 g/mol. The summed E-state index contributed by atoms with van der Waals surface area (Å²) >= 11 is 0. The van der Waals surface area contributed by atoms with E-state index in [0.717, 1.165) is 28.0 Å². The number of hydrogen-bond donors (Lipinski definition) is 0. The summed E-state index contributed by atoms with van der Waals surface area (Å²) in [6.45, 7) is 2.80. The van der Waals surface area contributed by atoms with Gasteiger partial charge in [0.1, 0.15) is 12.4 Å². The number of methoxy groups -OCH3 is 1. The Morgan fingerprint density at radius 3 is 1.93 bits per heavy atom. The van der Waals surface area contributed by atoms with E-state index in [1.54, 1.807) is 7.11 Å². The maximum atomic E-state index is 13.3. The summed E-state index contributed by atoms with van der Waals surface area (Å²) in [5, 5.41) is 0. The van der Waals surface area contributed by atoms with Crippen LogP contribution < -0.4 is 4.74 Å². The van der Waals surface area contributed by atoms with Crippen molar-refractivity contribution in [2.24, 2.45) is 0 Å². The molecular weight excluding hydrogens is 361 g/mol. The second kappa shape index (κ2) is 10.6. The third kappa shape index (κ3) is 5.55. The summed E-state index contributed by atoms with van der Waals surface area (Å²) in [7, 11) is 1.66. The predicted molar refractivity (Wildman–Crippen MR) is 119 cm³/mol. The average Bonchev–Trinajstić information content (AvgIpc) is 2.79. The fourth-order valence-electron chi connectivity index (χ4n) is 3.49. The van der Waals surface area contributed by atoms with Crippen LogP contribution in [0, 0.1) is 0 Å². The number of ether oxygens (including phenoxy) is 1. The highest BCUT2D eigenvalue weighted by molar-refractivity contribution is 5.79. The minimum Gasteiger partial charge on any atom is -0.497 e. The van der Waals surface area contributed by atoms with Crippen molar-refractivity contribution in [3.63, 3.8) is 0 Å². The van der Waals surface area contributed by atoms with Crippen molar-refractivity contribution in [3.8, 4) is 5.75 Å². The minimum atomic E-state index is -0.375. The van der Waals surface area contributed by atoms with Crippen LogP contribution in [0.4, 0.5) is 4.39 Å². The van der Waals surface area contributed by atoms with Crippen LogP contribution in [-0.4, -0.2) is 31.8 Å². The van der Waals surface area contributed by atoms with Gasteiger partial charge in [0.2, 0.25) is 0 Å². The molecule has 0 radical (unpaired) electrons. The van der Waals surface area contributed by atoms with Crippen LogP contribution in [0.3, 0.4) is 0 Å². The summed E-state index contributed by atoms with van der Waals surface area (Å²) in [6.07, 6.45) is 2.21. The molecule has 3 aromatic rings. The Hall–Kier alpha value is -2.91.